The Morgan fingerprint density at radius 2 is 2.24 bits per heavy atom. The Morgan fingerprint density at radius 1 is 1.47 bits per heavy atom. The van der Waals surface area contributed by atoms with Gasteiger partial charge in [-0.2, -0.15) is 0 Å². The number of hydrogen-bond donors (Lipinski definition) is 1. The number of ether oxygens (including phenoxy) is 1. The van der Waals surface area contributed by atoms with Crippen LogP contribution in [0, 0.1) is 0 Å². The lowest BCUT2D eigenvalue weighted by atomic mass is 9.99. The van der Waals surface area contributed by atoms with Gasteiger partial charge in [-0.1, -0.05) is 6.07 Å². The van der Waals surface area contributed by atoms with Gasteiger partial charge in [-0.05, 0) is 37.1 Å². The van der Waals surface area contributed by atoms with Crippen molar-refractivity contribution in [2.75, 3.05) is 12.4 Å². The molecule has 1 unspecified atom stereocenters. The summed E-state index contributed by atoms with van der Waals surface area (Å²) in [5.74, 6) is 0.0749. The zero-order valence-electron chi connectivity index (χ0n) is 10.4. The number of hydrogen-bond acceptors (Lipinski definition) is 3. The third kappa shape index (κ3) is 2.33. The third-order valence-corrected chi connectivity index (χ3v) is 2.99. The molecular weight excluding hydrogens is 214 g/mol. The second-order valence-electron chi connectivity index (χ2n) is 4.36. The first kappa shape index (κ1) is 11.7. The highest BCUT2D eigenvalue weighted by Gasteiger charge is 2.16. The van der Waals surface area contributed by atoms with Gasteiger partial charge in [0.2, 0.25) is 0 Å². The number of Topliss-reactive ketones (excluding diaryl/α,β-unsaturated/α-hetero) is 1. The minimum atomic E-state index is 0.0749. The van der Waals surface area contributed by atoms with Gasteiger partial charge in [-0.3, -0.25) is 4.79 Å². The molecule has 3 heteroatoms. The summed E-state index contributed by atoms with van der Waals surface area (Å²) in [6, 6.07) is 5.85. The van der Waals surface area contributed by atoms with Crippen molar-refractivity contribution in [1.29, 1.82) is 0 Å². The normalized spacial score (nSPS) is 18.5. The fourth-order valence-electron chi connectivity index (χ4n) is 2.05. The molecule has 0 aliphatic carbocycles. The van der Waals surface area contributed by atoms with Gasteiger partial charge in [0.25, 0.3) is 0 Å². The van der Waals surface area contributed by atoms with Crippen molar-refractivity contribution in [3.63, 3.8) is 0 Å². The second-order valence-corrected chi connectivity index (χ2v) is 4.36. The summed E-state index contributed by atoms with van der Waals surface area (Å²) in [5.41, 5.74) is 3.90. The Kier molecular flexibility index (Phi) is 3.18. The number of nitrogens with one attached hydrogen (secondary N) is 1. The summed E-state index contributed by atoms with van der Waals surface area (Å²) in [5, 5.41) is 3.06. The van der Waals surface area contributed by atoms with Crippen LogP contribution < -0.4 is 5.32 Å². The number of rotatable bonds is 3. The van der Waals surface area contributed by atoms with Crippen LogP contribution in [-0.2, 0) is 4.74 Å². The van der Waals surface area contributed by atoms with E-state index >= 15 is 0 Å². The molecule has 17 heavy (non-hydrogen) atoms. The smallest absolute Gasteiger partial charge is 0.161 e. The lowest BCUT2D eigenvalue weighted by Gasteiger charge is -2.09. The van der Waals surface area contributed by atoms with E-state index in [9.17, 15) is 4.79 Å². The van der Waals surface area contributed by atoms with Gasteiger partial charge in [-0.15, -0.1) is 0 Å². The Bertz CT molecular complexity index is 477. The topological polar surface area (TPSA) is 38.3 Å². The summed E-state index contributed by atoms with van der Waals surface area (Å²) in [6.07, 6.45) is 2.98. The average molecular weight is 231 g/mol. The largest absolute Gasteiger partial charge is 0.498 e. The van der Waals surface area contributed by atoms with E-state index in [-0.39, 0.29) is 11.9 Å². The van der Waals surface area contributed by atoms with Crippen LogP contribution in [0.5, 0.6) is 0 Å². The zero-order valence-corrected chi connectivity index (χ0v) is 10.4. The van der Waals surface area contributed by atoms with Crippen molar-refractivity contribution in [3.8, 4) is 0 Å². The van der Waals surface area contributed by atoms with Crippen molar-refractivity contribution in [2.45, 2.75) is 26.4 Å². The van der Waals surface area contributed by atoms with Crippen LogP contribution in [-0.4, -0.2) is 18.9 Å². The number of carbonyl (C=O) groups excluding carboxylic acids is 1. The lowest BCUT2D eigenvalue weighted by molar-refractivity contribution is 0.101. The van der Waals surface area contributed by atoms with Crippen LogP contribution in [0.1, 0.15) is 36.2 Å². The van der Waals surface area contributed by atoms with Crippen LogP contribution >= 0.6 is 0 Å². The first-order valence-corrected chi connectivity index (χ1v) is 5.79. The number of benzene rings is 1. The van der Waals surface area contributed by atoms with Crippen molar-refractivity contribution in [2.24, 2.45) is 0 Å². The van der Waals surface area contributed by atoms with Gasteiger partial charge >= 0.3 is 0 Å². The molecule has 0 saturated heterocycles. The summed E-state index contributed by atoms with van der Waals surface area (Å²) in [7, 11) is 1.83. The maximum Gasteiger partial charge on any atom is 0.161 e. The minimum Gasteiger partial charge on any atom is -0.498 e. The van der Waals surface area contributed by atoms with Gasteiger partial charge in [0.1, 0.15) is 0 Å². The molecule has 90 valence electrons. The highest BCUT2D eigenvalue weighted by Crippen LogP contribution is 2.30. The molecule has 0 bridgehead atoms. The molecule has 3 nitrogen and oxygen atoms in total. The SMILES string of the molecule is CNc1cc(C2=COC(C)C2)ccc1C(C)=O. The maximum atomic E-state index is 11.4. The quantitative estimate of drug-likeness (QED) is 0.812. The van der Waals surface area contributed by atoms with Gasteiger partial charge < -0.3 is 10.1 Å². The predicted octanol–water partition coefficient (Wildman–Crippen LogP) is 3.08. The maximum absolute atomic E-state index is 11.4. The highest BCUT2D eigenvalue weighted by molar-refractivity contribution is 6.00. The summed E-state index contributed by atoms with van der Waals surface area (Å²) < 4.78 is 5.42. The van der Waals surface area contributed by atoms with E-state index in [2.05, 4.69) is 5.32 Å². The molecule has 0 saturated carbocycles. The molecule has 2 rings (SSSR count). The molecule has 1 aliphatic heterocycles. The van der Waals surface area contributed by atoms with Crippen LogP contribution in [0.3, 0.4) is 0 Å². The molecule has 0 fully saturated rings. The summed E-state index contributed by atoms with van der Waals surface area (Å²) in [6.45, 7) is 3.63. The van der Waals surface area contributed by atoms with Crippen molar-refractivity contribution >= 4 is 17.0 Å². The third-order valence-electron chi connectivity index (χ3n) is 2.99. The van der Waals surface area contributed by atoms with Crippen molar-refractivity contribution in [3.05, 3.63) is 35.6 Å². The fraction of sp³-hybridized carbons (Fsp3) is 0.357. The summed E-state index contributed by atoms with van der Waals surface area (Å²) in [4.78, 5) is 11.4. The lowest BCUT2D eigenvalue weighted by Crippen LogP contribution is -2.01. The monoisotopic (exact) mass is 231 g/mol. The number of anilines is 1. The van der Waals surface area contributed by atoms with Crippen molar-refractivity contribution in [1.82, 2.24) is 0 Å². The van der Waals surface area contributed by atoms with E-state index < -0.39 is 0 Å². The highest BCUT2D eigenvalue weighted by atomic mass is 16.5. The first-order valence-electron chi connectivity index (χ1n) is 5.79. The zero-order chi connectivity index (χ0) is 12.4. The Hall–Kier alpha value is -1.77. The van der Waals surface area contributed by atoms with Gasteiger partial charge in [0.15, 0.2) is 5.78 Å². The standard InChI is InChI=1S/C14H17NO2/c1-9-6-12(8-17-9)11-4-5-13(10(2)16)14(7-11)15-3/h4-5,7-9,15H,6H2,1-3H3. The molecule has 1 atom stereocenters. The van der Waals surface area contributed by atoms with Crippen LogP contribution in [0.4, 0.5) is 5.69 Å². The van der Waals surface area contributed by atoms with Gasteiger partial charge in [0, 0.05) is 24.7 Å². The molecule has 0 aromatic heterocycles. The molecule has 1 N–H and O–H groups in total. The van der Waals surface area contributed by atoms with E-state index in [1.54, 1.807) is 6.92 Å². The molecule has 0 spiro atoms. The molecule has 1 aliphatic rings. The Balaban J connectivity index is 2.35. The Labute approximate surface area is 101 Å². The van der Waals surface area contributed by atoms with Gasteiger partial charge in [-0.25, -0.2) is 0 Å². The summed E-state index contributed by atoms with van der Waals surface area (Å²) >= 11 is 0. The number of ketones is 1. The average Bonchev–Trinajstić information content (AvgIpc) is 2.75. The van der Waals surface area contributed by atoms with E-state index in [1.165, 1.54) is 5.57 Å². The fourth-order valence-corrected chi connectivity index (χ4v) is 2.05. The Morgan fingerprint density at radius 3 is 2.76 bits per heavy atom. The second kappa shape index (κ2) is 4.62. The van der Waals surface area contributed by atoms with Crippen LogP contribution in [0.25, 0.3) is 5.57 Å². The molecule has 1 aromatic rings. The van der Waals surface area contributed by atoms with Gasteiger partial charge in [0.05, 0.1) is 12.4 Å². The number of carbonyl (C=O) groups is 1. The van der Waals surface area contributed by atoms with Crippen molar-refractivity contribution < 1.29 is 9.53 Å². The van der Waals surface area contributed by atoms with E-state index in [1.807, 2.05) is 38.4 Å². The molecular formula is C14H17NO2. The van der Waals surface area contributed by atoms with E-state index in [0.29, 0.717) is 0 Å². The minimum absolute atomic E-state index is 0.0749. The molecule has 0 amide bonds. The van der Waals surface area contributed by atoms with E-state index in [4.69, 9.17) is 4.74 Å². The first-order chi connectivity index (χ1) is 8.11. The van der Waals surface area contributed by atoms with Crippen LogP contribution in [0.2, 0.25) is 0 Å². The van der Waals surface area contributed by atoms with E-state index in [0.717, 1.165) is 23.2 Å². The molecule has 1 aromatic carbocycles. The molecule has 0 radical (unpaired) electrons. The predicted molar refractivity (Wildman–Crippen MR) is 69.1 cm³/mol. The van der Waals surface area contributed by atoms with Crippen LogP contribution in [0.15, 0.2) is 24.5 Å². The molecule has 1 heterocycles.